The summed E-state index contributed by atoms with van der Waals surface area (Å²) in [5.41, 5.74) is 4.08. The highest BCUT2D eigenvalue weighted by Gasteiger charge is 2.18. The third kappa shape index (κ3) is 4.23. The second-order valence-corrected chi connectivity index (χ2v) is 5.29. The quantitative estimate of drug-likeness (QED) is 0.521. The summed E-state index contributed by atoms with van der Waals surface area (Å²) in [7, 11) is 0. The van der Waals surface area contributed by atoms with E-state index in [1.54, 1.807) is 6.07 Å². The molecule has 0 saturated heterocycles. The van der Waals surface area contributed by atoms with Crippen LogP contribution in [-0.4, -0.2) is 17.0 Å². The molecule has 2 rings (SSSR count). The molecular weight excluding hydrogens is 294 g/mol. The van der Waals surface area contributed by atoms with Crippen molar-refractivity contribution in [1.82, 2.24) is 5.43 Å². The van der Waals surface area contributed by atoms with E-state index in [1.807, 2.05) is 24.3 Å². The van der Waals surface area contributed by atoms with Crippen LogP contribution in [0.3, 0.4) is 0 Å². The molecule has 6 nitrogen and oxygen atoms in total. The van der Waals surface area contributed by atoms with Gasteiger partial charge in [0.1, 0.15) is 5.56 Å². The Balaban J connectivity index is 2.05. The number of carbonyl (C=O) groups is 1. The highest BCUT2D eigenvalue weighted by Crippen LogP contribution is 2.17. The lowest BCUT2D eigenvalue weighted by Gasteiger charge is -2.04. The van der Waals surface area contributed by atoms with Crippen molar-refractivity contribution in [3.63, 3.8) is 0 Å². The maximum Gasteiger partial charge on any atom is 0.282 e. The van der Waals surface area contributed by atoms with Crippen molar-refractivity contribution in [3.8, 4) is 0 Å². The molecule has 0 aliphatic carbocycles. The first-order chi connectivity index (χ1) is 11.0. The second kappa shape index (κ2) is 7.31. The molecule has 0 unspecified atom stereocenters. The highest BCUT2D eigenvalue weighted by atomic mass is 16.6. The Bertz CT molecular complexity index is 737. The number of nitrogens with one attached hydrogen (secondary N) is 1. The topological polar surface area (TPSA) is 84.6 Å². The fourth-order valence-corrected chi connectivity index (χ4v) is 2.02. The van der Waals surface area contributed by atoms with Crippen LogP contribution < -0.4 is 5.43 Å². The molecule has 0 bridgehead atoms. The third-order valence-electron chi connectivity index (χ3n) is 3.33. The number of benzene rings is 2. The van der Waals surface area contributed by atoms with Gasteiger partial charge in [-0.25, -0.2) is 5.43 Å². The van der Waals surface area contributed by atoms with Crippen LogP contribution >= 0.6 is 0 Å². The highest BCUT2D eigenvalue weighted by molar-refractivity contribution is 5.98. The third-order valence-corrected chi connectivity index (χ3v) is 3.33. The monoisotopic (exact) mass is 311 g/mol. The van der Waals surface area contributed by atoms with Gasteiger partial charge in [-0.1, -0.05) is 50.2 Å². The van der Waals surface area contributed by atoms with Gasteiger partial charge in [0.2, 0.25) is 0 Å². The number of nitro benzene ring substituents is 1. The summed E-state index contributed by atoms with van der Waals surface area (Å²) in [5.74, 6) is -0.174. The summed E-state index contributed by atoms with van der Waals surface area (Å²) in [6.07, 6.45) is 1.50. The smallest absolute Gasteiger partial charge is 0.267 e. The molecule has 6 heteroatoms. The molecule has 2 aromatic rings. The minimum Gasteiger partial charge on any atom is -0.267 e. The second-order valence-electron chi connectivity index (χ2n) is 5.29. The van der Waals surface area contributed by atoms with Gasteiger partial charge < -0.3 is 0 Å². The van der Waals surface area contributed by atoms with E-state index in [0.29, 0.717) is 5.92 Å². The van der Waals surface area contributed by atoms with E-state index >= 15 is 0 Å². The van der Waals surface area contributed by atoms with Gasteiger partial charge in [0.25, 0.3) is 11.6 Å². The number of hydrogen-bond acceptors (Lipinski definition) is 4. The van der Waals surface area contributed by atoms with Gasteiger partial charge >= 0.3 is 0 Å². The first-order valence-corrected chi connectivity index (χ1v) is 7.16. The molecule has 1 N–H and O–H groups in total. The van der Waals surface area contributed by atoms with E-state index in [-0.39, 0.29) is 11.3 Å². The van der Waals surface area contributed by atoms with Crippen LogP contribution in [0.25, 0.3) is 0 Å². The van der Waals surface area contributed by atoms with Gasteiger partial charge in [-0.2, -0.15) is 5.10 Å². The van der Waals surface area contributed by atoms with Crippen LogP contribution in [0.2, 0.25) is 0 Å². The average molecular weight is 311 g/mol. The van der Waals surface area contributed by atoms with Crippen molar-refractivity contribution in [2.24, 2.45) is 5.10 Å². The van der Waals surface area contributed by atoms with Crippen LogP contribution in [0.5, 0.6) is 0 Å². The number of hydrogen-bond donors (Lipinski definition) is 1. The summed E-state index contributed by atoms with van der Waals surface area (Å²) >= 11 is 0. The molecule has 2 aromatic carbocycles. The summed E-state index contributed by atoms with van der Waals surface area (Å²) < 4.78 is 0. The predicted octanol–water partition coefficient (Wildman–Crippen LogP) is 3.48. The lowest BCUT2D eigenvalue weighted by molar-refractivity contribution is -0.385. The molecule has 0 aliphatic rings. The minimum absolute atomic E-state index is 0.0233. The lowest BCUT2D eigenvalue weighted by atomic mass is 10.0. The molecular formula is C17H17N3O3. The van der Waals surface area contributed by atoms with Crippen molar-refractivity contribution in [2.75, 3.05) is 0 Å². The molecule has 118 valence electrons. The first-order valence-electron chi connectivity index (χ1n) is 7.16. The SMILES string of the molecule is CC(C)c1ccc(/C=N/NC(=O)c2ccccc2[N+](=O)[O-])cc1. The van der Waals surface area contributed by atoms with Crippen LogP contribution in [0, 0.1) is 10.1 Å². The standard InChI is InChI=1S/C17H17N3O3/c1-12(2)14-9-7-13(8-10-14)11-18-19-17(21)15-5-3-4-6-16(15)20(22)23/h3-12H,1-2H3,(H,19,21)/b18-11+. The molecule has 23 heavy (non-hydrogen) atoms. The Morgan fingerprint density at radius 3 is 2.43 bits per heavy atom. The summed E-state index contributed by atoms with van der Waals surface area (Å²) in [4.78, 5) is 22.3. The van der Waals surface area contributed by atoms with E-state index in [1.165, 1.54) is 30.0 Å². The number of nitrogens with zero attached hydrogens (tertiary/aromatic N) is 2. The van der Waals surface area contributed by atoms with Gasteiger partial charge in [-0.15, -0.1) is 0 Å². The van der Waals surface area contributed by atoms with E-state index in [2.05, 4.69) is 24.4 Å². The largest absolute Gasteiger partial charge is 0.282 e. The van der Waals surface area contributed by atoms with E-state index in [0.717, 1.165) is 5.56 Å². The maximum absolute atomic E-state index is 12.0. The van der Waals surface area contributed by atoms with Gasteiger partial charge in [-0.05, 0) is 23.1 Å². The van der Waals surface area contributed by atoms with Crippen LogP contribution in [0.15, 0.2) is 53.6 Å². The normalized spacial score (nSPS) is 10.9. The zero-order chi connectivity index (χ0) is 16.8. The van der Waals surface area contributed by atoms with Crippen molar-refractivity contribution < 1.29 is 9.72 Å². The fourth-order valence-electron chi connectivity index (χ4n) is 2.02. The van der Waals surface area contributed by atoms with Gasteiger partial charge in [-0.3, -0.25) is 14.9 Å². The van der Waals surface area contributed by atoms with Gasteiger partial charge in [0, 0.05) is 6.07 Å². The van der Waals surface area contributed by atoms with Crippen molar-refractivity contribution in [2.45, 2.75) is 19.8 Å². The molecule has 0 aliphatic heterocycles. The Morgan fingerprint density at radius 1 is 1.17 bits per heavy atom. The summed E-state index contributed by atoms with van der Waals surface area (Å²) in [5, 5.41) is 14.7. The zero-order valence-electron chi connectivity index (χ0n) is 12.9. The maximum atomic E-state index is 12.0. The Hall–Kier alpha value is -3.02. The van der Waals surface area contributed by atoms with Crippen molar-refractivity contribution in [3.05, 3.63) is 75.3 Å². The van der Waals surface area contributed by atoms with Crippen LogP contribution in [0.4, 0.5) is 5.69 Å². The molecule has 0 spiro atoms. The summed E-state index contributed by atoms with van der Waals surface area (Å²) in [6.45, 7) is 4.21. The molecule has 0 atom stereocenters. The molecule has 1 amide bonds. The van der Waals surface area contributed by atoms with Crippen LogP contribution in [0.1, 0.15) is 41.3 Å². The number of hydrazone groups is 1. The zero-order valence-corrected chi connectivity index (χ0v) is 12.9. The van der Waals surface area contributed by atoms with Crippen LogP contribution in [-0.2, 0) is 0 Å². The molecule has 0 fully saturated rings. The van der Waals surface area contributed by atoms with Gasteiger partial charge in [0.15, 0.2) is 0 Å². The Labute approximate surface area is 134 Å². The fraction of sp³-hybridized carbons (Fsp3) is 0.176. The van der Waals surface area contributed by atoms with E-state index in [4.69, 9.17) is 0 Å². The van der Waals surface area contributed by atoms with Crippen molar-refractivity contribution in [1.29, 1.82) is 0 Å². The molecule has 0 aromatic heterocycles. The number of carbonyl (C=O) groups excluding carboxylic acids is 1. The van der Waals surface area contributed by atoms with E-state index < -0.39 is 10.8 Å². The molecule has 0 radical (unpaired) electrons. The number of rotatable bonds is 5. The van der Waals surface area contributed by atoms with Gasteiger partial charge in [0.05, 0.1) is 11.1 Å². The lowest BCUT2D eigenvalue weighted by Crippen LogP contribution is -2.18. The minimum atomic E-state index is -0.618. The number of nitro groups is 1. The molecule has 0 heterocycles. The average Bonchev–Trinajstić information content (AvgIpc) is 2.55. The number of amides is 1. The first kappa shape index (κ1) is 16.4. The van der Waals surface area contributed by atoms with E-state index in [9.17, 15) is 14.9 Å². The van der Waals surface area contributed by atoms with Crippen molar-refractivity contribution >= 4 is 17.8 Å². The summed E-state index contributed by atoms with van der Waals surface area (Å²) in [6, 6.07) is 13.5. The molecule has 0 saturated carbocycles. The Morgan fingerprint density at radius 2 is 1.83 bits per heavy atom. The number of para-hydroxylation sites is 1. The predicted molar refractivity (Wildman–Crippen MR) is 88.7 cm³/mol. The Kier molecular flexibility index (Phi) is 5.19.